The number of rotatable bonds is 4. The van der Waals surface area contributed by atoms with E-state index in [1.54, 1.807) is 13.0 Å². The summed E-state index contributed by atoms with van der Waals surface area (Å²) in [6, 6.07) is 1.91. The normalized spacial score (nSPS) is 20.3. The second-order valence-electron chi connectivity index (χ2n) is 6.38. The minimum Gasteiger partial charge on any atom is -0.508 e. The maximum absolute atomic E-state index is 12.4. The molecule has 1 aromatic rings. The molecule has 1 atom stereocenters. The molecular weight excluding hydrogens is 364 g/mol. The third-order valence-corrected chi connectivity index (χ3v) is 3.93. The van der Waals surface area contributed by atoms with Crippen molar-refractivity contribution in [2.45, 2.75) is 38.6 Å². The average molecular weight is 388 g/mol. The van der Waals surface area contributed by atoms with Crippen LogP contribution < -0.4 is 0 Å². The predicted octanol–water partition coefficient (Wildman–Crippen LogP) is 3.62. The molecule has 1 aliphatic rings. The number of oxime groups is 1. The van der Waals surface area contributed by atoms with Crippen LogP contribution in [-0.4, -0.2) is 41.1 Å². The molecule has 2 rings (SSSR count). The Labute approximate surface area is 163 Å². The zero-order valence-corrected chi connectivity index (χ0v) is 15.7. The van der Waals surface area contributed by atoms with Crippen molar-refractivity contribution in [3.8, 4) is 11.5 Å². The van der Waals surface area contributed by atoms with E-state index in [0.717, 1.165) is 18.9 Å². The van der Waals surface area contributed by atoms with Crippen molar-refractivity contribution in [1.82, 2.24) is 0 Å². The van der Waals surface area contributed by atoms with Crippen LogP contribution in [0.25, 0.3) is 0 Å². The highest BCUT2D eigenvalue weighted by molar-refractivity contribution is 6.00. The van der Waals surface area contributed by atoms with Crippen LogP contribution in [0.15, 0.2) is 46.8 Å². The number of carbonyl (C=O) groups is 1. The van der Waals surface area contributed by atoms with Gasteiger partial charge in [-0.25, -0.2) is 4.79 Å². The van der Waals surface area contributed by atoms with E-state index >= 15 is 0 Å². The standard InChI is InChI=1S/C20H24N2O6/c1-14(21-26)13-28-22-16-8-6-4-2-3-5-7-9-27-20(25)19-15(10-16)11-17(23)12-18(19)24/h3,5-6,8,11-12,14,23-24H,2,4,7,9-10,13H2,1H3/b5-3+,8-6+,22-16-. The molecule has 0 amide bonds. The quantitative estimate of drug-likeness (QED) is 0.352. The van der Waals surface area contributed by atoms with E-state index in [4.69, 9.17) is 9.57 Å². The summed E-state index contributed by atoms with van der Waals surface area (Å²) in [4.78, 5) is 28.1. The molecule has 150 valence electrons. The average Bonchev–Trinajstić information content (AvgIpc) is 2.65. The summed E-state index contributed by atoms with van der Waals surface area (Å²) in [5, 5.41) is 26.9. The van der Waals surface area contributed by atoms with Gasteiger partial charge in [-0.2, -0.15) is 4.91 Å². The van der Waals surface area contributed by atoms with Gasteiger partial charge in [0, 0.05) is 12.5 Å². The van der Waals surface area contributed by atoms with Crippen molar-refractivity contribution in [2.24, 2.45) is 10.3 Å². The number of nitrogens with zero attached hydrogens (tertiary/aromatic N) is 2. The molecule has 28 heavy (non-hydrogen) atoms. The van der Waals surface area contributed by atoms with Gasteiger partial charge in [-0.1, -0.05) is 28.6 Å². The van der Waals surface area contributed by atoms with Crippen LogP contribution in [-0.2, 0) is 16.0 Å². The maximum Gasteiger partial charge on any atom is 0.342 e. The van der Waals surface area contributed by atoms with Gasteiger partial charge in [0.25, 0.3) is 0 Å². The van der Waals surface area contributed by atoms with Gasteiger partial charge in [-0.05, 0) is 43.9 Å². The Balaban J connectivity index is 2.36. The Morgan fingerprint density at radius 3 is 2.71 bits per heavy atom. The molecule has 1 unspecified atom stereocenters. The highest BCUT2D eigenvalue weighted by Crippen LogP contribution is 2.29. The van der Waals surface area contributed by atoms with Crippen molar-refractivity contribution in [2.75, 3.05) is 13.2 Å². The topological polar surface area (TPSA) is 118 Å². The number of ether oxygens (including phenoxy) is 1. The van der Waals surface area contributed by atoms with Crippen molar-refractivity contribution in [3.63, 3.8) is 0 Å². The second-order valence-corrected chi connectivity index (χ2v) is 6.38. The lowest BCUT2D eigenvalue weighted by Crippen LogP contribution is -2.13. The van der Waals surface area contributed by atoms with Gasteiger partial charge < -0.3 is 19.8 Å². The molecule has 0 aliphatic carbocycles. The first-order valence-corrected chi connectivity index (χ1v) is 9.06. The minimum atomic E-state index is -0.680. The van der Waals surface area contributed by atoms with Crippen LogP contribution in [0.3, 0.4) is 0 Å². The molecule has 0 saturated carbocycles. The molecular formula is C20H24N2O6. The molecule has 8 nitrogen and oxygen atoms in total. The number of esters is 1. The lowest BCUT2D eigenvalue weighted by atomic mass is 10.00. The molecule has 2 N–H and O–H groups in total. The lowest BCUT2D eigenvalue weighted by Gasteiger charge is -2.12. The number of benzene rings is 1. The number of hydrogen-bond donors (Lipinski definition) is 2. The number of cyclic esters (lactones) is 1. The van der Waals surface area contributed by atoms with E-state index in [0.29, 0.717) is 17.7 Å². The Bertz CT molecular complexity index is 785. The Hall–Kier alpha value is -3.16. The summed E-state index contributed by atoms with van der Waals surface area (Å²) in [6.45, 7) is 1.81. The van der Waals surface area contributed by atoms with Crippen LogP contribution in [0, 0.1) is 4.91 Å². The Kier molecular flexibility index (Phi) is 8.20. The summed E-state index contributed by atoms with van der Waals surface area (Å²) in [6.07, 6.45) is 9.88. The van der Waals surface area contributed by atoms with Crippen LogP contribution >= 0.6 is 0 Å². The van der Waals surface area contributed by atoms with E-state index in [-0.39, 0.29) is 36.7 Å². The highest BCUT2D eigenvalue weighted by Gasteiger charge is 2.20. The fourth-order valence-corrected chi connectivity index (χ4v) is 2.56. The minimum absolute atomic E-state index is 0.0176. The van der Waals surface area contributed by atoms with Gasteiger partial charge in [0.15, 0.2) is 0 Å². The molecule has 0 radical (unpaired) electrons. The number of phenolic OH excluding ortho intramolecular Hbond substituents is 2. The number of phenols is 2. The summed E-state index contributed by atoms with van der Waals surface area (Å²) in [7, 11) is 0. The maximum atomic E-state index is 12.4. The third kappa shape index (κ3) is 6.53. The summed E-state index contributed by atoms with van der Waals surface area (Å²) in [5.41, 5.74) is 0.782. The molecule has 0 bridgehead atoms. The van der Waals surface area contributed by atoms with Gasteiger partial charge in [0.05, 0.1) is 12.3 Å². The summed E-state index contributed by atoms with van der Waals surface area (Å²) in [5.74, 6) is -1.23. The van der Waals surface area contributed by atoms with E-state index in [1.165, 1.54) is 6.07 Å². The number of nitroso groups, excluding NO2 is 1. The smallest absolute Gasteiger partial charge is 0.342 e. The van der Waals surface area contributed by atoms with Crippen LogP contribution in [0.5, 0.6) is 11.5 Å². The SMILES string of the molecule is CC(CO/N=C1/C=C/CC/C=C/CCOC(=O)c2c(O)cc(O)cc2C1)N=O. The van der Waals surface area contributed by atoms with Crippen LogP contribution in [0.4, 0.5) is 0 Å². The van der Waals surface area contributed by atoms with E-state index in [2.05, 4.69) is 10.3 Å². The molecule has 0 fully saturated rings. The first kappa shape index (κ1) is 21.1. The third-order valence-electron chi connectivity index (χ3n) is 3.93. The van der Waals surface area contributed by atoms with Crippen molar-refractivity contribution >= 4 is 11.7 Å². The van der Waals surface area contributed by atoms with Crippen molar-refractivity contribution in [3.05, 3.63) is 52.5 Å². The Morgan fingerprint density at radius 2 is 1.93 bits per heavy atom. The lowest BCUT2D eigenvalue weighted by molar-refractivity contribution is 0.0507. The largest absolute Gasteiger partial charge is 0.508 e. The summed E-state index contributed by atoms with van der Waals surface area (Å²) < 4.78 is 5.23. The first-order chi connectivity index (χ1) is 13.5. The second kappa shape index (κ2) is 10.9. The van der Waals surface area contributed by atoms with Gasteiger partial charge in [0.2, 0.25) is 0 Å². The molecule has 0 spiro atoms. The van der Waals surface area contributed by atoms with Gasteiger partial charge in [-0.15, -0.1) is 0 Å². The van der Waals surface area contributed by atoms with Crippen molar-refractivity contribution in [1.29, 1.82) is 0 Å². The molecule has 0 aromatic heterocycles. The molecule has 8 heteroatoms. The van der Waals surface area contributed by atoms with Gasteiger partial charge in [0.1, 0.15) is 29.7 Å². The number of allylic oxidation sites excluding steroid dienone is 3. The monoisotopic (exact) mass is 388 g/mol. The van der Waals surface area contributed by atoms with Crippen LogP contribution in [0.2, 0.25) is 0 Å². The molecule has 1 aromatic carbocycles. The Morgan fingerprint density at radius 1 is 1.18 bits per heavy atom. The first-order valence-electron chi connectivity index (χ1n) is 9.06. The fraction of sp³-hybridized carbons (Fsp3) is 0.400. The molecule has 1 aliphatic heterocycles. The number of hydrogen-bond acceptors (Lipinski definition) is 8. The van der Waals surface area contributed by atoms with E-state index < -0.39 is 12.0 Å². The predicted molar refractivity (Wildman–Crippen MR) is 105 cm³/mol. The zero-order chi connectivity index (χ0) is 20.4. The van der Waals surface area contributed by atoms with E-state index in [1.807, 2.05) is 18.2 Å². The number of aromatic hydroxyl groups is 2. The van der Waals surface area contributed by atoms with Gasteiger partial charge in [-0.3, -0.25) is 0 Å². The number of carbonyl (C=O) groups excluding carboxylic acids is 1. The number of fused-ring (bicyclic) bond motifs is 1. The van der Waals surface area contributed by atoms with Crippen molar-refractivity contribution < 1.29 is 24.6 Å². The van der Waals surface area contributed by atoms with E-state index in [9.17, 15) is 19.9 Å². The molecule has 1 heterocycles. The summed E-state index contributed by atoms with van der Waals surface area (Å²) >= 11 is 0. The fourth-order valence-electron chi connectivity index (χ4n) is 2.56. The zero-order valence-electron chi connectivity index (χ0n) is 15.7. The highest BCUT2D eigenvalue weighted by atomic mass is 16.6. The molecule has 0 saturated heterocycles. The van der Waals surface area contributed by atoms with Gasteiger partial charge >= 0.3 is 5.97 Å². The van der Waals surface area contributed by atoms with Crippen LogP contribution in [0.1, 0.15) is 42.1 Å².